The zero-order valence-corrected chi connectivity index (χ0v) is 25.4. The Morgan fingerprint density at radius 1 is 1.19 bits per heavy atom. The molecule has 1 spiro atoms. The summed E-state index contributed by atoms with van der Waals surface area (Å²) >= 11 is 1.55. The monoisotopic (exact) mass is 597 g/mol. The van der Waals surface area contributed by atoms with Gasteiger partial charge >= 0.3 is 0 Å². The van der Waals surface area contributed by atoms with Crippen molar-refractivity contribution < 1.29 is 9.26 Å². The molecular weight excluding hydrogens is 562 g/mol. The van der Waals surface area contributed by atoms with Gasteiger partial charge in [0.1, 0.15) is 17.2 Å². The van der Waals surface area contributed by atoms with Crippen LogP contribution in [0.15, 0.2) is 16.8 Å². The Balaban J connectivity index is 1.23. The van der Waals surface area contributed by atoms with Gasteiger partial charge in [-0.2, -0.15) is 10.2 Å². The van der Waals surface area contributed by atoms with Crippen LogP contribution in [-0.4, -0.2) is 60.8 Å². The van der Waals surface area contributed by atoms with Crippen LogP contribution in [0.3, 0.4) is 0 Å². The SMILES string of the molecule is C[C@H](Oc1cc(-n2cc(C3CC3)nn2)nc(-c2noc3c2CCC[C@@]32CCCc3sc(N)c(C#N)c32)n1)[C@@H]1CCCN1C. The number of nitrogens with zero attached hydrogens (tertiary/aromatic N) is 8. The molecule has 1 saturated heterocycles. The van der Waals surface area contributed by atoms with E-state index in [1.807, 2.05) is 12.3 Å². The number of likely N-dealkylation sites (tertiary alicyclic amines) is 1. The van der Waals surface area contributed by atoms with Crippen molar-refractivity contribution in [3.8, 4) is 29.3 Å². The van der Waals surface area contributed by atoms with E-state index in [4.69, 9.17) is 25.0 Å². The first-order valence-corrected chi connectivity index (χ1v) is 16.3. The topological polar surface area (TPSA) is 145 Å². The van der Waals surface area contributed by atoms with Gasteiger partial charge in [0.15, 0.2) is 23.1 Å². The predicted octanol–water partition coefficient (Wildman–Crippen LogP) is 4.93. The fraction of sp³-hybridized carbons (Fsp3) is 0.548. The number of thiophene rings is 1. The van der Waals surface area contributed by atoms with Crippen LogP contribution in [-0.2, 0) is 18.3 Å². The lowest BCUT2D eigenvalue weighted by Gasteiger charge is -2.39. The van der Waals surface area contributed by atoms with Crippen LogP contribution >= 0.6 is 11.3 Å². The van der Waals surface area contributed by atoms with Crippen LogP contribution in [0.25, 0.3) is 17.3 Å². The van der Waals surface area contributed by atoms with Crippen LogP contribution in [0, 0.1) is 11.3 Å². The molecule has 4 aromatic rings. The highest BCUT2D eigenvalue weighted by Gasteiger charge is 2.49. The summed E-state index contributed by atoms with van der Waals surface area (Å²) in [5, 5.41) is 24.1. The fourth-order valence-corrected chi connectivity index (χ4v) is 8.83. The van der Waals surface area contributed by atoms with Gasteiger partial charge < -0.3 is 15.0 Å². The quantitative estimate of drug-likeness (QED) is 0.325. The number of nitriles is 1. The van der Waals surface area contributed by atoms with Crippen molar-refractivity contribution in [2.45, 2.75) is 94.6 Å². The number of aromatic nitrogens is 6. The lowest BCUT2D eigenvalue weighted by atomic mass is 9.63. The van der Waals surface area contributed by atoms with Gasteiger partial charge in [-0.3, -0.25) is 4.90 Å². The van der Waals surface area contributed by atoms with E-state index in [2.05, 4.69) is 40.4 Å². The maximum atomic E-state index is 10.1. The summed E-state index contributed by atoms with van der Waals surface area (Å²) in [5.41, 5.74) is 10.2. The van der Waals surface area contributed by atoms with Crippen molar-refractivity contribution in [1.29, 1.82) is 5.26 Å². The molecular formula is C31H35N9O2S. The Morgan fingerprint density at radius 3 is 2.79 bits per heavy atom. The van der Waals surface area contributed by atoms with Crippen molar-refractivity contribution >= 4 is 16.3 Å². The number of rotatable bonds is 6. The summed E-state index contributed by atoms with van der Waals surface area (Å²) in [4.78, 5) is 13.4. The molecule has 12 heteroatoms. The van der Waals surface area contributed by atoms with Gasteiger partial charge in [-0.1, -0.05) is 10.4 Å². The van der Waals surface area contributed by atoms with E-state index in [1.54, 1.807) is 16.0 Å². The van der Waals surface area contributed by atoms with E-state index in [0.29, 0.717) is 45.7 Å². The molecule has 222 valence electrons. The number of fused-ring (bicyclic) bond motifs is 4. The van der Waals surface area contributed by atoms with Crippen molar-refractivity contribution in [3.05, 3.63) is 45.3 Å². The molecule has 8 rings (SSSR count). The molecule has 11 nitrogen and oxygen atoms in total. The maximum Gasteiger partial charge on any atom is 0.219 e. The zero-order valence-electron chi connectivity index (χ0n) is 24.5. The Kier molecular flexibility index (Phi) is 6.31. The smallest absolute Gasteiger partial charge is 0.219 e. The molecule has 0 amide bonds. The molecule has 1 saturated carbocycles. The fourth-order valence-electron chi connectivity index (χ4n) is 7.67. The number of hydrogen-bond donors (Lipinski definition) is 1. The molecule has 0 unspecified atom stereocenters. The number of nitrogens with two attached hydrogens (primary N) is 1. The zero-order chi connectivity index (χ0) is 29.3. The van der Waals surface area contributed by atoms with Gasteiger partial charge in [-0.25, -0.2) is 9.67 Å². The number of anilines is 1. The molecule has 2 fully saturated rings. The first-order valence-electron chi connectivity index (χ1n) is 15.4. The Hall–Kier alpha value is -3.82. The van der Waals surface area contributed by atoms with Crippen LogP contribution < -0.4 is 10.5 Å². The van der Waals surface area contributed by atoms with Crippen LogP contribution in [0.2, 0.25) is 0 Å². The highest BCUT2D eigenvalue weighted by molar-refractivity contribution is 7.16. The second kappa shape index (κ2) is 10.1. The summed E-state index contributed by atoms with van der Waals surface area (Å²) in [6.07, 6.45) is 12.0. The molecule has 3 atom stereocenters. The maximum absolute atomic E-state index is 10.1. The second-order valence-corrected chi connectivity index (χ2v) is 13.8. The third-order valence-electron chi connectivity index (χ3n) is 9.93. The molecule has 4 aliphatic rings. The summed E-state index contributed by atoms with van der Waals surface area (Å²) in [6.45, 7) is 3.18. The predicted molar refractivity (Wildman–Crippen MR) is 160 cm³/mol. The lowest BCUT2D eigenvalue weighted by molar-refractivity contribution is 0.117. The number of aryl methyl sites for hydroxylation is 1. The number of ether oxygens (including phenoxy) is 1. The lowest BCUT2D eigenvalue weighted by Crippen LogP contribution is -2.38. The summed E-state index contributed by atoms with van der Waals surface area (Å²) in [7, 11) is 2.15. The first kappa shape index (κ1) is 26.8. The van der Waals surface area contributed by atoms with Crippen LogP contribution in [0.5, 0.6) is 5.88 Å². The summed E-state index contributed by atoms with van der Waals surface area (Å²) < 4.78 is 14.5. The highest BCUT2D eigenvalue weighted by atomic mass is 32.1. The van der Waals surface area contributed by atoms with Gasteiger partial charge in [0.2, 0.25) is 5.88 Å². The average Bonchev–Trinajstić information content (AvgIpc) is 3.35. The van der Waals surface area contributed by atoms with Crippen molar-refractivity contribution in [2.75, 3.05) is 19.3 Å². The Labute approximate surface area is 254 Å². The van der Waals surface area contributed by atoms with Crippen molar-refractivity contribution in [3.63, 3.8) is 0 Å². The van der Waals surface area contributed by atoms with Gasteiger partial charge in [0, 0.05) is 28.5 Å². The first-order chi connectivity index (χ1) is 20.9. The number of nitrogen functional groups attached to an aromatic ring is 1. The normalized spacial score (nSPS) is 24.1. The second-order valence-electron chi connectivity index (χ2n) is 12.6. The van der Waals surface area contributed by atoms with E-state index in [9.17, 15) is 5.26 Å². The number of likely N-dealkylation sites (N-methyl/N-ethyl adjacent to an activating group) is 1. The average molecular weight is 598 g/mol. The van der Waals surface area contributed by atoms with Crippen molar-refractivity contribution in [1.82, 2.24) is 35.0 Å². The van der Waals surface area contributed by atoms with E-state index in [-0.39, 0.29) is 6.10 Å². The van der Waals surface area contributed by atoms with E-state index < -0.39 is 5.41 Å². The molecule has 5 heterocycles. The molecule has 2 N–H and O–H groups in total. The molecule has 1 aliphatic heterocycles. The molecule has 4 aromatic heterocycles. The standard InChI is InChI=1S/C31H35N9O2S/c1-17(22-7-5-13-39(22)2)41-25-14-24(40-16-21(36-38-40)18-9-10-18)34-30(35-25)27-19-6-3-11-31(28(19)42-37-27)12-4-8-23-26(31)20(15-32)29(33)43-23/h14,16-18,22H,3-13,33H2,1-2H3/t17-,22-,31-/m0/s1. The van der Waals surface area contributed by atoms with Gasteiger partial charge in [-0.05, 0) is 90.3 Å². The minimum atomic E-state index is -0.408. The third kappa shape index (κ3) is 4.35. The minimum absolute atomic E-state index is 0.0514. The molecule has 3 aliphatic carbocycles. The van der Waals surface area contributed by atoms with Crippen molar-refractivity contribution in [2.24, 2.45) is 0 Å². The Morgan fingerprint density at radius 2 is 2.02 bits per heavy atom. The minimum Gasteiger partial charge on any atom is -0.473 e. The van der Waals surface area contributed by atoms with Crippen LogP contribution in [0.1, 0.15) is 97.2 Å². The van der Waals surface area contributed by atoms with Crippen LogP contribution in [0.4, 0.5) is 5.00 Å². The largest absolute Gasteiger partial charge is 0.473 e. The van der Waals surface area contributed by atoms with Gasteiger partial charge in [-0.15, -0.1) is 16.4 Å². The molecule has 0 radical (unpaired) electrons. The van der Waals surface area contributed by atoms with E-state index in [1.165, 1.54) is 4.88 Å². The van der Waals surface area contributed by atoms with E-state index >= 15 is 0 Å². The number of hydrogen-bond acceptors (Lipinski definition) is 11. The highest BCUT2D eigenvalue weighted by Crippen LogP contribution is 2.55. The molecule has 43 heavy (non-hydrogen) atoms. The van der Waals surface area contributed by atoms with E-state index in [0.717, 1.165) is 93.3 Å². The Bertz CT molecular complexity index is 1740. The molecule has 0 aromatic carbocycles. The van der Waals surface area contributed by atoms with Gasteiger partial charge in [0.25, 0.3) is 0 Å². The third-order valence-corrected chi connectivity index (χ3v) is 11.0. The summed E-state index contributed by atoms with van der Waals surface area (Å²) in [6, 6.07) is 4.56. The summed E-state index contributed by atoms with van der Waals surface area (Å²) in [5.74, 6) is 2.83. The van der Waals surface area contributed by atoms with Gasteiger partial charge in [0.05, 0.1) is 22.9 Å². The molecule has 0 bridgehead atoms.